The van der Waals surface area contributed by atoms with Crippen molar-refractivity contribution in [2.75, 3.05) is 16.4 Å². The summed E-state index contributed by atoms with van der Waals surface area (Å²) in [4.78, 5) is 0. The Morgan fingerprint density at radius 3 is 2.61 bits per heavy atom. The molecule has 0 aliphatic heterocycles. The molecule has 1 unspecified atom stereocenters. The van der Waals surface area contributed by atoms with E-state index in [9.17, 15) is 12.8 Å². The Hall–Kier alpha value is -0.0400. The third-order valence-electron chi connectivity index (χ3n) is 2.03. The van der Waals surface area contributed by atoms with Gasteiger partial charge in [0, 0.05) is 10.4 Å². The molecule has 1 aromatic rings. The summed E-state index contributed by atoms with van der Waals surface area (Å²) in [6, 6.07) is 2.17. The fourth-order valence-electron chi connectivity index (χ4n) is 1.26. The zero-order valence-corrected chi connectivity index (χ0v) is 13.3. The van der Waals surface area contributed by atoms with E-state index in [0.717, 1.165) is 12.1 Å². The summed E-state index contributed by atoms with van der Waals surface area (Å²) in [5.74, 6) is -0.637. The minimum Gasteiger partial charge on any atom is -0.281 e. The van der Waals surface area contributed by atoms with Crippen molar-refractivity contribution in [3.63, 3.8) is 0 Å². The molecular formula is C10H11BrCl2FNO2S. The maximum atomic E-state index is 13.0. The lowest BCUT2D eigenvalue weighted by Crippen LogP contribution is -2.22. The molecule has 18 heavy (non-hydrogen) atoms. The highest BCUT2D eigenvalue weighted by atomic mass is 79.9. The number of hydrogen-bond donors (Lipinski definition) is 1. The monoisotopic (exact) mass is 377 g/mol. The molecule has 1 N–H and O–H groups in total. The van der Waals surface area contributed by atoms with Gasteiger partial charge in [0.25, 0.3) is 0 Å². The Morgan fingerprint density at radius 1 is 1.50 bits per heavy atom. The number of alkyl halides is 1. The van der Waals surface area contributed by atoms with E-state index >= 15 is 0 Å². The summed E-state index contributed by atoms with van der Waals surface area (Å²) in [5.41, 5.74) is 0.125. The van der Waals surface area contributed by atoms with E-state index in [-0.39, 0.29) is 32.7 Å². The average Bonchev–Trinajstić information content (AvgIpc) is 2.22. The van der Waals surface area contributed by atoms with E-state index in [1.54, 1.807) is 6.92 Å². The van der Waals surface area contributed by atoms with Crippen LogP contribution in [0, 0.1) is 11.7 Å². The SMILES string of the molecule is CC(CCl)CS(=O)(=O)Nc1c(Cl)cc(F)cc1Br. The summed E-state index contributed by atoms with van der Waals surface area (Å²) >= 11 is 14.4. The van der Waals surface area contributed by atoms with Crippen molar-refractivity contribution in [1.29, 1.82) is 0 Å². The van der Waals surface area contributed by atoms with Gasteiger partial charge < -0.3 is 0 Å². The molecule has 0 saturated heterocycles. The number of benzene rings is 1. The first-order valence-corrected chi connectivity index (χ1v) is 8.32. The van der Waals surface area contributed by atoms with Gasteiger partial charge in [-0.05, 0) is 34.0 Å². The van der Waals surface area contributed by atoms with Gasteiger partial charge in [-0.1, -0.05) is 18.5 Å². The van der Waals surface area contributed by atoms with Crippen molar-refractivity contribution >= 4 is 54.8 Å². The number of rotatable bonds is 5. The molecular weight excluding hydrogens is 368 g/mol. The van der Waals surface area contributed by atoms with Crippen molar-refractivity contribution in [2.24, 2.45) is 5.92 Å². The van der Waals surface area contributed by atoms with Gasteiger partial charge in [-0.15, -0.1) is 11.6 Å². The van der Waals surface area contributed by atoms with Crippen LogP contribution >= 0.6 is 39.1 Å². The number of sulfonamides is 1. The summed E-state index contributed by atoms with van der Waals surface area (Å²) in [6.45, 7) is 1.72. The Morgan fingerprint density at radius 2 is 2.11 bits per heavy atom. The molecule has 0 bridgehead atoms. The normalized spacial score (nSPS) is 13.4. The topological polar surface area (TPSA) is 46.2 Å². The van der Waals surface area contributed by atoms with Crippen LogP contribution < -0.4 is 4.72 Å². The van der Waals surface area contributed by atoms with Gasteiger partial charge >= 0.3 is 0 Å². The largest absolute Gasteiger partial charge is 0.281 e. The van der Waals surface area contributed by atoms with E-state index in [1.807, 2.05) is 0 Å². The molecule has 0 spiro atoms. The van der Waals surface area contributed by atoms with Crippen LogP contribution in [0.5, 0.6) is 0 Å². The van der Waals surface area contributed by atoms with Gasteiger partial charge in [0.05, 0.1) is 16.5 Å². The molecule has 0 radical (unpaired) electrons. The number of halogens is 4. The summed E-state index contributed by atoms with van der Waals surface area (Å²) in [7, 11) is -3.58. The minimum absolute atomic E-state index is 0.0102. The van der Waals surface area contributed by atoms with Crippen molar-refractivity contribution in [3.05, 3.63) is 27.4 Å². The van der Waals surface area contributed by atoms with E-state index < -0.39 is 15.8 Å². The van der Waals surface area contributed by atoms with E-state index in [1.165, 1.54) is 0 Å². The van der Waals surface area contributed by atoms with Gasteiger partial charge in [-0.3, -0.25) is 4.72 Å². The predicted octanol–water partition coefficient (Wildman–Crippen LogP) is 3.86. The van der Waals surface area contributed by atoms with Gasteiger partial charge in [-0.2, -0.15) is 0 Å². The highest BCUT2D eigenvalue weighted by molar-refractivity contribution is 9.10. The Kier molecular flexibility index (Phi) is 5.70. The second-order valence-corrected chi connectivity index (χ2v) is 7.22. The number of hydrogen-bond acceptors (Lipinski definition) is 2. The van der Waals surface area contributed by atoms with Crippen LogP contribution in [0.3, 0.4) is 0 Å². The molecule has 0 aliphatic carbocycles. The summed E-state index contributed by atoms with van der Waals surface area (Å²) in [5, 5.41) is -0.0102. The molecule has 1 rings (SSSR count). The highest BCUT2D eigenvalue weighted by Crippen LogP contribution is 2.32. The third-order valence-corrected chi connectivity index (χ3v) is 5.01. The Labute approximate surface area is 124 Å². The number of anilines is 1. The molecule has 1 atom stereocenters. The molecule has 8 heteroatoms. The Balaban J connectivity index is 2.98. The van der Waals surface area contributed by atoms with Crippen molar-refractivity contribution in [2.45, 2.75) is 6.92 Å². The molecule has 0 aromatic heterocycles. The van der Waals surface area contributed by atoms with Gasteiger partial charge in [0.2, 0.25) is 10.0 Å². The second-order valence-electron chi connectivity index (χ2n) is 3.89. The van der Waals surface area contributed by atoms with Crippen LogP contribution in [0.1, 0.15) is 6.92 Å². The second kappa shape index (κ2) is 6.41. The highest BCUT2D eigenvalue weighted by Gasteiger charge is 2.18. The molecule has 102 valence electrons. The van der Waals surface area contributed by atoms with Crippen LogP contribution in [-0.4, -0.2) is 20.1 Å². The molecule has 0 fully saturated rings. The molecule has 3 nitrogen and oxygen atoms in total. The average molecular weight is 379 g/mol. The molecule has 0 aliphatic rings. The van der Waals surface area contributed by atoms with Crippen LogP contribution in [-0.2, 0) is 10.0 Å². The maximum Gasteiger partial charge on any atom is 0.233 e. The van der Waals surface area contributed by atoms with Crippen LogP contribution in [0.15, 0.2) is 16.6 Å². The third kappa shape index (κ3) is 4.57. The molecule has 0 amide bonds. The lowest BCUT2D eigenvalue weighted by molar-refractivity contribution is 0.588. The van der Waals surface area contributed by atoms with E-state index in [2.05, 4.69) is 20.7 Å². The van der Waals surface area contributed by atoms with E-state index in [0.29, 0.717) is 0 Å². The van der Waals surface area contributed by atoms with Crippen molar-refractivity contribution < 1.29 is 12.8 Å². The smallest absolute Gasteiger partial charge is 0.233 e. The van der Waals surface area contributed by atoms with Gasteiger partial charge in [0.15, 0.2) is 0 Å². The molecule has 0 saturated carbocycles. The maximum absolute atomic E-state index is 13.0. The predicted molar refractivity (Wildman–Crippen MR) is 76.4 cm³/mol. The van der Waals surface area contributed by atoms with Crippen LogP contribution in [0.25, 0.3) is 0 Å². The van der Waals surface area contributed by atoms with Gasteiger partial charge in [-0.25, -0.2) is 12.8 Å². The van der Waals surface area contributed by atoms with Crippen molar-refractivity contribution in [1.82, 2.24) is 0 Å². The standard InChI is InChI=1S/C10H11BrCl2FNO2S/c1-6(4-12)5-18(16,17)15-10-8(11)2-7(14)3-9(10)13/h2-3,6,15H,4-5H2,1H3. The summed E-state index contributed by atoms with van der Waals surface area (Å²) in [6.07, 6.45) is 0. The zero-order chi connectivity index (χ0) is 13.9. The molecule has 1 aromatic carbocycles. The number of nitrogens with one attached hydrogen (secondary N) is 1. The Bertz CT molecular complexity index is 516. The quantitative estimate of drug-likeness (QED) is 0.790. The summed E-state index contributed by atoms with van der Waals surface area (Å²) < 4.78 is 39.2. The first-order chi connectivity index (χ1) is 8.25. The zero-order valence-electron chi connectivity index (χ0n) is 9.38. The van der Waals surface area contributed by atoms with Crippen LogP contribution in [0.2, 0.25) is 5.02 Å². The first-order valence-electron chi connectivity index (χ1n) is 4.96. The first kappa shape index (κ1) is 16.0. The lowest BCUT2D eigenvalue weighted by atomic mass is 10.3. The fraction of sp³-hybridized carbons (Fsp3) is 0.400. The molecule has 0 heterocycles. The van der Waals surface area contributed by atoms with Gasteiger partial charge in [0.1, 0.15) is 5.82 Å². The lowest BCUT2D eigenvalue weighted by Gasteiger charge is -2.13. The van der Waals surface area contributed by atoms with E-state index in [4.69, 9.17) is 23.2 Å². The van der Waals surface area contributed by atoms with Crippen LogP contribution in [0.4, 0.5) is 10.1 Å². The minimum atomic E-state index is -3.58. The fourth-order valence-corrected chi connectivity index (χ4v) is 4.06. The van der Waals surface area contributed by atoms with Crippen molar-refractivity contribution in [3.8, 4) is 0 Å².